The molecule has 0 saturated heterocycles. The number of fused-ring (bicyclic) bond motifs is 1. The van der Waals surface area contributed by atoms with Gasteiger partial charge >= 0.3 is 0 Å². The molecule has 1 aromatic heterocycles. The Kier molecular flexibility index (Phi) is 2.68. The van der Waals surface area contributed by atoms with Gasteiger partial charge in [-0.1, -0.05) is 30.3 Å². The number of aryl methyl sites for hydroxylation is 1. The molecule has 0 spiro atoms. The van der Waals surface area contributed by atoms with E-state index in [0.717, 1.165) is 29.7 Å². The lowest BCUT2D eigenvalue weighted by atomic mass is 9.69. The van der Waals surface area contributed by atoms with Crippen molar-refractivity contribution in [1.29, 1.82) is 5.26 Å². The van der Waals surface area contributed by atoms with Gasteiger partial charge in [0.2, 0.25) is 0 Å². The van der Waals surface area contributed by atoms with E-state index in [1.807, 2.05) is 30.3 Å². The van der Waals surface area contributed by atoms with Gasteiger partial charge in [-0.15, -0.1) is 0 Å². The largest absolute Gasteiger partial charge is 0.383 e. The fraction of sp³-hybridized carbons (Fsp3) is 0.267. The lowest BCUT2D eigenvalue weighted by Crippen LogP contribution is -2.33. The predicted octanol–water partition coefficient (Wildman–Crippen LogP) is 2.01. The molecule has 19 heavy (non-hydrogen) atoms. The first-order valence-electron chi connectivity index (χ1n) is 6.30. The Morgan fingerprint density at radius 2 is 2.00 bits per heavy atom. The predicted molar refractivity (Wildman–Crippen MR) is 72.2 cm³/mol. The molecule has 0 aliphatic heterocycles. The van der Waals surface area contributed by atoms with Gasteiger partial charge < -0.3 is 5.73 Å². The number of aromatic nitrogens is 2. The molecule has 2 aromatic rings. The summed E-state index contributed by atoms with van der Waals surface area (Å²) in [5, 5.41) is 9.68. The van der Waals surface area contributed by atoms with Crippen molar-refractivity contribution in [3.05, 3.63) is 53.5 Å². The van der Waals surface area contributed by atoms with Crippen molar-refractivity contribution in [3.8, 4) is 6.07 Å². The second kappa shape index (κ2) is 4.36. The number of hydrogen-bond acceptors (Lipinski definition) is 4. The van der Waals surface area contributed by atoms with Crippen molar-refractivity contribution in [2.45, 2.75) is 24.7 Å². The van der Waals surface area contributed by atoms with Gasteiger partial charge in [0, 0.05) is 17.7 Å². The second-order valence-electron chi connectivity index (χ2n) is 4.92. The summed E-state index contributed by atoms with van der Waals surface area (Å²) < 4.78 is 0. The van der Waals surface area contributed by atoms with Crippen LogP contribution in [0, 0.1) is 11.3 Å². The number of benzene rings is 1. The zero-order chi connectivity index (χ0) is 13.3. The third-order valence-corrected chi connectivity index (χ3v) is 3.88. The smallest absolute Gasteiger partial charge is 0.130 e. The topological polar surface area (TPSA) is 75.6 Å². The summed E-state index contributed by atoms with van der Waals surface area (Å²) in [7, 11) is 0. The van der Waals surface area contributed by atoms with Crippen molar-refractivity contribution in [2.24, 2.45) is 0 Å². The molecule has 0 bridgehead atoms. The molecule has 0 saturated carbocycles. The summed E-state index contributed by atoms with van der Waals surface area (Å²) in [6.45, 7) is 0. The minimum absolute atomic E-state index is 0.500. The van der Waals surface area contributed by atoms with Gasteiger partial charge in [0.25, 0.3) is 0 Å². The van der Waals surface area contributed by atoms with E-state index >= 15 is 0 Å². The molecular formula is C15H14N4. The van der Waals surface area contributed by atoms with Crippen molar-refractivity contribution in [3.63, 3.8) is 0 Å². The number of hydrogen-bond donors (Lipinski definition) is 1. The van der Waals surface area contributed by atoms with Crippen molar-refractivity contribution in [2.75, 3.05) is 5.73 Å². The van der Waals surface area contributed by atoms with Crippen LogP contribution in [0.25, 0.3) is 0 Å². The van der Waals surface area contributed by atoms with E-state index in [1.54, 1.807) is 0 Å². The van der Waals surface area contributed by atoms with Gasteiger partial charge in [0.05, 0.1) is 11.5 Å². The fourth-order valence-corrected chi connectivity index (χ4v) is 2.76. The highest BCUT2D eigenvalue weighted by molar-refractivity contribution is 5.48. The maximum atomic E-state index is 9.68. The van der Waals surface area contributed by atoms with Crippen LogP contribution < -0.4 is 5.73 Å². The Labute approximate surface area is 111 Å². The Balaban J connectivity index is 2.08. The van der Waals surface area contributed by atoms with Crippen molar-refractivity contribution in [1.82, 2.24) is 9.97 Å². The van der Waals surface area contributed by atoms with E-state index in [-0.39, 0.29) is 0 Å². The molecule has 1 aromatic carbocycles. The summed E-state index contributed by atoms with van der Waals surface area (Å²) in [5.74, 6) is 0.500. The first-order valence-corrected chi connectivity index (χ1v) is 6.30. The van der Waals surface area contributed by atoms with Crippen molar-refractivity contribution >= 4 is 5.82 Å². The van der Waals surface area contributed by atoms with Crippen LogP contribution >= 0.6 is 0 Å². The summed E-state index contributed by atoms with van der Waals surface area (Å²) in [6.07, 6.45) is 3.63. The van der Waals surface area contributed by atoms with E-state index in [0.29, 0.717) is 12.2 Å². The molecule has 0 unspecified atom stereocenters. The monoisotopic (exact) mass is 250 g/mol. The van der Waals surface area contributed by atoms with Crippen LogP contribution in [0.1, 0.15) is 23.2 Å². The molecule has 3 rings (SSSR count). The number of nitrogens with two attached hydrogens (primary N) is 1. The molecule has 1 aliphatic carbocycles. The molecule has 4 heteroatoms. The number of nitrogen functional groups attached to an aromatic ring is 1. The molecule has 0 radical (unpaired) electrons. The van der Waals surface area contributed by atoms with Crippen molar-refractivity contribution < 1.29 is 0 Å². The van der Waals surface area contributed by atoms with Crippen LogP contribution in [-0.4, -0.2) is 9.97 Å². The minimum atomic E-state index is -0.507. The second-order valence-corrected chi connectivity index (χ2v) is 4.92. The van der Waals surface area contributed by atoms with Crippen LogP contribution in [-0.2, 0) is 18.3 Å². The minimum Gasteiger partial charge on any atom is -0.383 e. The molecular weight excluding hydrogens is 236 g/mol. The van der Waals surface area contributed by atoms with Crippen LogP contribution in [0.5, 0.6) is 0 Å². The van der Waals surface area contributed by atoms with E-state index in [9.17, 15) is 5.26 Å². The van der Waals surface area contributed by atoms with Gasteiger partial charge in [-0.25, -0.2) is 9.97 Å². The van der Waals surface area contributed by atoms with Crippen LogP contribution in [0.4, 0.5) is 5.82 Å². The Morgan fingerprint density at radius 1 is 1.21 bits per heavy atom. The maximum absolute atomic E-state index is 9.68. The molecule has 1 aliphatic rings. The van der Waals surface area contributed by atoms with E-state index in [2.05, 4.69) is 16.0 Å². The summed E-state index contributed by atoms with van der Waals surface area (Å²) in [5.41, 5.74) is 8.39. The number of rotatable bonds is 1. The van der Waals surface area contributed by atoms with Gasteiger partial charge in [-0.2, -0.15) is 5.26 Å². The highest BCUT2D eigenvalue weighted by Gasteiger charge is 2.37. The first kappa shape index (κ1) is 11.7. The molecule has 2 N–H and O–H groups in total. The number of nitriles is 1. The van der Waals surface area contributed by atoms with Gasteiger partial charge in [0.15, 0.2) is 0 Å². The standard InChI is InChI=1S/C15H14N4/c16-9-15(11-4-2-1-3-5-11)7-6-13-12(8-15)14(17)19-10-18-13/h1-5,10H,6-8H2,(H2,17,18,19)/t15-/m1/s1. The zero-order valence-corrected chi connectivity index (χ0v) is 10.5. The van der Waals surface area contributed by atoms with Gasteiger partial charge in [-0.3, -0.25) is 0 Å². The van der Waals surface area contributed by atoms with E-state index < -0.39 is 5.41 Å². The average molecular weight is 250 g/mol. The molecule has 1 heterocycles. The highest BCUT2D eigenvalue weighted by Crippen LogP contribution is 2.38. The first-order chi connectivity index (χ1) is 9.25. The Morgan fingerprint density at radius 3 is 2.74 bits per heavy atom. The lowest BCUT2D eigenvalue weighted by molar-refractivity contribution is 0.466. The van der Waals surface area contributed by atoms with Crippen LogP contribution in [0.3, 0.4) is 0 Å². The third-order valence-electron chi connectivity index (χ3n) is 3.88. The average Bonchev–Trinajstić information content (AvgIpc) is 2.48. The molecule has 0 fully saturated rings. The molecule has 4 nitrogen and oxygen atoms in total. The fourth-order valence-electron chi connectivity index (χ4n) is 2.76. The maximum Gasteiger partial charge on any atom is 0.130 e. The molecule has 94 valence electrons. The lowest BCUT2D eigenvalue weighted by Gasteiger charge is -2.32. The zero-order valence-electron chi connectivity index (χ0n) is 10.5. The third kappa shape index (κ3) is 1.84. The summed E-state index contributed by atoms with van der Waals surface area (Å²) in [4.78, 5) is 8.32. The SMILES string of the molecule is N#C[C@@]1(c2ccccc2)CCc2ncnc(N)c2C1. The highest BCUT2D eigenvalue weighted by atomic mass is 14.9. The quantitative estimate of drug-likeness (QED) is 0.840. The normalized spacial score (nSPS) is 21.4. The van der Waals surface area contributed by atoms with Crippen LogP contribution in [0.2, 0.25) is 0 Å². The molecule has 1 atom stereocenters. The van der Waals surface area contributed by atoms with Gasteiger partial charge in [0.1, 0.15) is 12.1 Å². The Bertz CT molecular complexity index is 645. The molecule has 0 amide bonds. The summed E-state index contributed by atoms with van der Waals surface area (Å²) in [6, 6.07) is 12.4. The Hall–Kier alpha value is -2.41. The van der Waals surface area contributed by atoms with E-state index in [4.69, 9.17) is 5.73 Å². The summed E-state index contributed by atoms with van der Waals surface area (Å²) >= 11 is 0. The van der Waals surface area contributed by atoms with Crippen LogP contribution in [0.15, 0.2) is 36.7 Å². The van der Waals surface area contributed by atoms with E-state index in [1.165, 1.54) is 6.33 Å². The van der Waals surface area contributed by atoms with Gasteiger partial charge in [-0.05, 0) is 18.4 Å². The number of anilines is 1. The number of nitrogens with zero attached hydrogens (tertiary/aromatic N) is 3.